The topological polar surface area (TPSA) is 54.3 Å². The summed E-state index contributed by atoms with van der Waals surface area (Å²) in [6.45, 7) is 5.32. The number of imidazole rings is 1. The van der Waals surface area contributed by atoms with Gasteiger partial charge in [-0.1, -0.05) is 6.92 Å². The molecule has 0 radical (unpaired) electrons. The van der Waals surface area contributed by atoms with E-state index in [0.717, 1.165) is 31.7 Å². The molecule has 0 spiro atoms. The zero-order valence-corrected chi connectivity index (χ0v) is 14.7. The van der Waals surface area contributed by atoms with Crippen molar-refractivity contribution < 1.29 is 4.79 Å². The molecule has 6 heteroatoms. The van der Waals surface area contributed by atoms with Crippen LogP contribution in [0.15, 0.2) is 37.1 Å². The Morgan fingerprint density at radius 1 is 1.20 bits per heavy atom. The molecule has 0 unspecified atom stereocenters. The summed E-state index contributed by atoms with van der Waals surface area (Å²) in [6, 6.07) is 4.56. The Balaban J connectivity index is 1.57. The second kappa shape index (κ2) is 6.96. The molecule has 2 fully saturated rings. The number of pyridine rings is 1. The van der Waals surface area contributed by atoms with E-state index >= 15 is 0 Å². The third-order valence-corrected chi connectivity index (χ3v) is 5.59. The number of amides is 1. The van der Waals surface area contributed by atoms with Gasteiger partial charge in [0.2, 0.25) is 0 Å². The Hall–Kier alpha value is -2.21. The summed E-state index contributed by atoms with van der Waals surface area (Å²) in [7, 11) is 0. The molecule has 0 aliphatic carbocycles. The highest BCUT2D eigenvalue weighted by molar-refractivity contribution is 5.95. The molecule has 132 valence electrons. The van der Waals surface area contributed by atoms with Crippen molar-refractivity contribution in [2.24, 2.45) is 0 Å². The molecule has 1 amide bonds. The van der Waals surface area contributed by atoms with Gasteiger partial charge in [0.05, 0.1) is 0 Å². The number of hydrogen-bond acceptors (Lipinski definition) is 4. The highest BCUT2D eigenvalue weighted by Crippen LogP contribution is 2.31. The third-order valence-electron chi connectivity index (χ3n) is 5.59. The van der Waals surface area contributed by atoms with Crippen molar-refractivity contribution >= 4 is 5.91 Å². The fraction of sp³-hybridized carbons (Fsp3) is 0.526. The van der Waals surface area contributed by atoms with Crippen molar-refractivity contribution in [2.45, 2.75) is 44.7 Å². The number of likely N-dealkylation sites (tertiary alicyclic amines) is 2. The lowest BCUT2D eigenvalue weighted by atomic mass is 10.0. The van der Waals surface area contributed by atoms with E-state index in [9.17, 15) is 4.79 Å². The zero-order valence-electron chi connectivity index (χ0n) is 14.7. The molecule has 0 N–H and O–H groups in total. The molecule has 2 aromatic heterocycles. The fourth-order valence-electron chi connectivity index (χ4n) is 4.38. The van der Waals surface area contributed by atoms with Crippen LogP contribution < -0.4 is 0 Å². The van der Waals surface area contributed by atoms with Crippen molar-refractivity contribution in [2.75, 3.05) is 19.6 Å². The zero-order chi connectivity index (χ0) is 17.2. The second-order valence-corrected chi connectivity index (χ2v) is 6.92. The first-order valence-corrected chi connectivity index (χ1v) is 9.27. The lowest BCUT2D eigenvalue weighted by Crippen LogP contribution is -2.48. The molecule has 2 aliphatic heterocycles. The molecule has 0 aromatic carbocycles. The molecular weight excluding hydrogens is 314 g/mol. The minimum Gasteiger partial charge on any atom is -0.334 e. The van der Waals surface area contributed by atoms with Gasteiger partial charge in [-0.15, -0.1) is 0 Å². The summed E-state index contributed by atoms with van der Waals surface area (Å²) in [4.78, 5) is 26.2. The predicted molar refractivity (Wildman–Crippen MR) is 95.7 cm³/mol. The number of hydrogen-bond donors (Lipinski definition) is 0. The van der Waals surface area contributed by atoms with Crippen LogP contribution >= 0.6 is 0 Å². The maximum absolute atomic E-state index is 13.2. The Labute approximate surface area is 148 Å². The van der Waals surface area contributed by atoms with Gasteiger partial charge >= 0.3 is 0 Å². The van der Waals surface area contributed by atoms with Crippen LogP contribution in [0.4, 0.5) is 0 Å². The highest BCUT2D eigenvalue weighted by atomic mass is 16.2. The molecule has 4 heterocycles. The van der Waals surface area contributed by atoms with Gasteiger partial charge in [-0.3, -0.25) is 14.3 Å². The van der Waals surface area contributed by atoms with Gasteiger partial charge in [-0.2, -0.15) is 0 Å². The van der Waals surface area contributed by atoms with Crippen LogP contribution in [0, 0.1) is 0 Å². The summed E-state index contributed by atoms with van der Waals surface area (Å²) >= 11 is 0. The van der Waals surface area contributed by atoms with Crippen LogP contribution in [0.2, 0.25) is 0 Å². The molecule has 2 aromatic rings. The lowest BCUT2D eigenvalue weighted by molar-refractivity contribution is 0.0650. The normalized spacial score (nSPS) is 24.1. The standard InChI is InChI=1S/C19H25N5O/c1-2-22-10-3-5-16(22)17-6-4-11-24(17)19(25)15-7-8-21-18(13-15)23-12-9-20-14-23/h7-9,12-14,16-17H,2-6,10-11H2,1H3/t16-,17+/m1/s1. The quantitative estimate of drug-likeness (QED) is 0.858. The molecule has 4 rings (SSSR count). The Morgan fingerprint density at radius 2 is 2.04 bits per heavy atom. The summed E-state index contributed by atoms with van der Waals surface area (Å²) in [6.07, 6.45) is 11.6. The van der Waals surface area contributed by atoms with E-state index in [0.29, 0.717) is 17.6 Å². The van der Waals surface area contributed by atoms with Gasteiger partial charge in [0.15, 0.2) is 0 Å². The minimum atomic E-state index is 0.134. The van der Waals surface area contributed by atoms with E-state index < -0.39 is 0 Å². The second-order valence-electron chi connectivity index (χ2n) is 6.92. The maximum Gasteiger partial charge on any atom is 0.254 e. The van der Waals surface area contributed by atoms with E-state index in [1.807, 2.05) is 22.9 Å². The van der Waals surface area contributed by atoms with Crippen molar-refractivity contribution in [3.8, 4) is 5.82 Å². The van der Waals surface area contributed by atoms with E-state index in [-0.39, 0.29) is 5.91 Å². The highest BCUT2D eigenvalue weighted by Gasteiger charge is 2.39. The lowest BCUT2D eigenvalue weighted by Gasteiger charge is -2.34. The first-order valence-electron chi connectivity index (χ1n) is 9.27. The Kier molecular flexibility index (Phi) is 4.53. The first-order chi connectivity index (χ1) is 12.3. The van der Waals surface area contributed by atoms with Gasteiger partial charge in [-0.25, -0.2) is 9.97 Å². The van der Waals surface area contributed by atoms with Crippen LogP contribution in [0.25, 0.3) is 5.82 Å². The van der Waals surface area contributed by atoms with Gasteiger partial charge in [0.25, 0.3) is 5.91 Å². The van der Waals surface area contributed by atoms with Crippen LogP contribution in [0.1, 0.15) is 43.0 Å². The average molecular weight is 339 g/mol. The smallest absolute Gasteiger partial charge is 0.254 e. The molecular formula is C19H25N5O. The average Bonchev–Trinajstić information content (AvgIpc) is 3.41. The third kappa shape index (κ3) is 3.06. The number of aromatic nitrogens is 3. The Morgan fingerprint density at radius 3 is 2.84 bits per heavy atom. The monoisotopic (exact) mass is 339 g/mol. The van der Waals surface area contributed by atoms with Gasteiger partial charge in [0, 0.05) is 42.8 Å². The SMILES string of the molecule is CCN1CCC[C@@H]1[C@@H]1CCCN1C(=O)c1ccnc(-n2ccnc2)c1. The number of nitrogens with zero attached hydrogens (tertiary/aromatic N) is 5. The predicted octanol–water partition coefficient (Wildman–Crippen LogP) is 2.36. The summed E-state index contributed by atoms with van der Waals surface area (Å²) in [5, 5.41) is 0. The summed E-state index contributed by atoms with van der Waals surface area (Å²) in [5.74, 6) is 0.865. The number of carbonyl (C=O) groups excluding carboxylic acids is 1. The van der Waals surface area contributed by atoms with Gasteiger partial charge < -0.3 is 4.90 Å². The van der Waals surface area contributed by atoms with Crippen molar-refractivity contribution in [3.05, 3.63) is 42.6 Å². The molecule has 2 saturated heterocycles. The van der Waals surface area contributed by atoms with Crippen LogP contribution in [-0.2, 0) is 0 Å². The van der Waals surface area contributed by atoms with Crippen LogP contribution in [0.3, 0.4) is 0 Å². The molecule has 25 heavy (non-hydrogen) atoms. The largest absolute Gasteiger partial charge is 0.334 e. The van der Waals surface area contributed by atoms with Crippen molar-refractivity contribution in [1.29, 1.82) is 0 Å². The number of carbonyl (C=O) groups is 1. The number of likely N-dealkylation sites (N-methyl/N-ethyl adjacent to an activating group) is 1. The summed E-state index contributed by atoms with van der Waals surface area (Å²) in [5.41, 5.74) is 0.714. The number of rotatable bonds is 4. The van der Waals surface area contributed by atoms with Crippen molar-refractivity contribution in [3.63, 3.8) is 0 Å². The molecule has 2 aliphatic rings. The molecule has 2 atom stereocenters. The van der Waals surface area contributed by atoms with Crippen LogP contribution in [-0.4, -0.2) is 62.0 Å². The minimum absolute atomic E-state index is 0.134. The first kappa shape index (κ1) is 16.3. The van der Waals surface area contributed by atoms with E-state index in [2.05, 4.69) is 26.7 Å². The van der Waals surface area contributed by atoms with Crippen molar-refractivity contribution in [1.82, 2.24) is 24.3 Å². The van der Waals surface area contributed by atoms with E-state index in [4.69, 9.17) is 0 Å². The molecule has 0 saturated carbocycles. The van der Waals surface area contributed by atoms with E-state index in [1.165, 1.54) is 19.4 Å². The van der Waals surface area contributed by atoms with Gasteiger partial charge in [0.1, 0.15) is 12.1 Å². The molecule has 6 nitrogen and oxygen atoms in total. The van der Waals surface area contributed by atoms with Crippen LogP contribution in [0.5, 0.6) is 0 Å². The molecule has 0 bridgehead atoms. The maximum atomic E-state index is 13.2. The van der Waals surface area contributed by atoms with Gasteiger partial charge in [-0.05, 0) is 50.9 Å². The Bertz CT molecular complexity index is 729. The summed E-state index contributed by atoms with van der Waals surface area (Å²) < 4.78 is 1.83. The van der Waals surface area contributed by atoms with E-state index in [1.54, 1.807) is 18.7 Å². The fourth-order valence-corrected chi connectivity index (χ4v) is 4.38.